The summed E-state index contributed by atoms with van der Waals surface area (Å²) in [6, 6.07) is 8.77. The van der Waals surface area contributed by atoms with Crippen molar-refractivity contribution in [3.63, 3.8) is 0 Å². The molecule has 9 nitrogen and oxygen atoms in total. The number of carbonyl (C=O) groups excluding carboxylic acids is 2. The molecular formula is C23H23F3N6O3S. The zero-order chi connectivity index (χ0) is 25.7. The monoisotopic (exact) mass is 520 g/mol. The molecule has 13 heteroatoms. The fourth-order valence-electron chi connectivity index (χ4n) is 3.57. The quantitative estimate of drug-likeness (QED) is 0.453. The summed E-state index contributed by atoms with van der Waals surface area (Å²) in [6.45, 7) is 2.91. The van der Waals surface area contributed by atoms with Crippen LogP contribution in [0.25, 0.3) is 10.7 Å². The Kier molecular flexibility index (Phi) is 7.91. The molecule has 0 bridgehead atoms. The minimum Gasteiger partial charge on any atom is -0.404 e. The highest BCUT2D eigenvalue weighted by molar-refractivity contribution is 7.14. The molecule has 3 aromatic rings. The second kappa shape index (κ2) is 11.1. The molecule has 0 atom stereocenters. The van der Waals surface area contributed by atoms with Crippen LogP contribution in [0, 0.1) is 0 Å². The number of hydrogen-bond acceptors (Lipinski definition) is 9. The Morgan fingerprint density at radius 3 is 2.58 bits per heavy atom. The van der Waals surface area contributed by atoms with Crippen LogP contribution in [-0.4, -0.2) is 82.8 Å². The molecule has 1 fully saturated rings. The molecule has 0 radical (unpaired) electrons. The lowest BCUT2D eigenvalue weighted by molar-refractivity contribution is -0.274. The fourth-order valence-corrected chi connectivity index (χ4v) is 4.39. The number of aromatic nitrogens is 3. The lowest BCUT2D eigenvalue weighted by Gasteiger charge is -2.31. The molecule has 190 valence electrons. The number of alkyl halides is 3. The second-order valence-corrected chi connectivity index (χ2v) is 9.26. The van der Waals surface area contributed by atoms with Gasteiger partial charge in [-0.25, -0.2) is 0 Å². The molecule has 1 aromatic carbocycles. The highest BCUT2D eigenvalue weighted by atomic mass is 32.1. The third kappa shape index (κ3) is 7.06. The van der Waals surface area contributed by atoms with E-state index in [9.17, 15) is 22.8 Å². The first kappa shape index (κ1) is 25.7. The first-order valence-electron chi connectivity index (χ1n) is 11.0. The van der Waals surface area contributed by atoms with Gasteiger partial charge in [0.15, 0.2) is 16.5 Å². The van der Waals surface area contributed by atoms with Crippen LogP contribution in [-0.2, 0) is 11.2 Å². The van der Waals surface area contributed by atoms with Gasteiger partial charge in [0.2, 0.25) is 5.91 Å². The number of carbonyl (C=O) groups is 2. The largest absolute Gasteiger partial charge is 0.573 e. The first-order chi connectivity index (χ1) is 17.2. The van der Waals surface area contributed by atoms with Crippen LogP contribution >= 0.6 is 11.3 Å². The van der Waals surface area contributed by atoms with Crippen LogP contribution in [0.5, 0.6) is 5.75 Å². The van der Waals surface area contributed by atoms with Crippen molar-refractivity contribution < 1.29 is 27.5 Å². The van der Waals surface area contributed by atoms with Gasteiger partial charge in [0.25, 0.3) is 0 Å². The molecule has 1 aliphatic rings. The molecule has 0 aliphatic carbocycles. The maximum atomic E-state index is 12.9. The maximum Gasteiger partial charge on any atom is 0.573 e. The predicted molar refractivity (Wildman–Crippen MR) is 127 cm³/mol. The van der Waals surface area contributed by atoms with Crippen molar-refractivity contribution in [2.45, 2.75) is 12.8 Å². The minimum absolute atomic E-state index is 0.0125. The van der Waals surface area contributed by atoms with E-state index in [1.807, 2.05) is 11.9 Å². The number of pyridine rings is 1. The average Bonchev–Trinajstić information content (AvgIpc) is 3.30. The van der Waals surface area contributed by atoms with Crippen molar-refractivity contribution in [3.8, 4) is 16.5 Å². The van der Waals surface area contributed by atoms with E-state index in [4.69, 9.17) is 0 Å². The topological polar surface area (TPSA) is 101 Å². The molecule has 1 aliphatic heterocycles. The Hall–Kier alpha value is -3.42. The van der Waals surface area contributed by atoms with Crippen molar-refractivity contribution in [2.75, 3.05) is 45.1 Å². The van der Waals surface area contributed by atoms with Gasteiger partial charge in [-0.2, -0.15) is 0 Å². The molecule has 1 saturated heterocycles. The average molecular weight is 521 g/mol. The smallest absolute Gasteiger partial charge is 0.404 e. The number of nitrogens with zero attached hydrogens (tertiary/aromatic N) is 5. The standard InChI is InChI=1S/C23H23F3N6O3S/c1-31-8-10-32(11-9-31)14-20(34)28-17-12-15(5-6-19(17)35-23(24,25)26)18(33)13-21-29-30-22(36-21)16-4-2-3-7-27-16/h2-7,12H,8-11,13-14H2,1H3,(H,28,34). The van der Waals surface area contributed by atoms with Gasteiger partial charge in [-0.1, -0.05) is 17.4 Å². The van der Waals surface area contributed by atoms with Crippen molar-refractivity contribution >= 4 is 28.7 Å². The van der Waals surface area contributed by atoms with Gasteiger partial charge in [0, 0.05) is 37.9 Å². The van der Waals surface area contributed by atoms with Gasteiger partial charge < -0.3 is 15.0 Å². The lowest BCUT2D eigenvalue weighted by Crippen LogP contribution is -2.47. The summed E-state index contributed by atoms with van der Waals surface area (Å²) >= 11 is 1.20. The third-order valence-electron chi connectivity index (χ3n) is 5.43. The Morgan fingerprint density at radius 1 is 1.11 bits per heavy atom. The summed E-state index contributed by atoms with van der Waals surface area (Å²) in [5, 5.41) is 11.5. The predicted octanol–water partition coefficient (Wildman–Crippen LogP) is 3.11. The zero-order valence-corrected chi connectivity index (χ0v) is 20.1. The van der Waals surface area contributed by atoms with Crippen LogP contribution in [0.4, 0.5) is 18.9 Å². The number of ether oxygens (including phenoxy) is 1. The van der Waals surface area contributed by atoms with E-state index in [0.29, 0.717) is 28.8 Å². The number of Topliss-reactive ketones (excluding diaryl/α,β-unsaturated/α-hetero) is 1. The van der Waals surface area contributed by atoms with Crippen LogP contribution in [0.2, 0.25) is 0 Å². The molecular weight excluding hydrogens is 497 g/mol. The number of benzene rings is 1. The van der Waals surface area contributed by atoms with E-state index in [0.717, 1.165) is 19.2 Å². The Labute approximate surface area is 208 Å². The summed E-state index contributed by atoms with van der Waals surface area (Å²) < 4.78 is 42.8. The van der Waals surface area contributed by atoms with E-state index in [1.165, 1.54) is 23.5 Å². The molecule has 4 rings (SSSR count). The SMILES string of the molecule is CN1CCN(CC(=O)Nc2cc(C(=O)Cc3nnc(-c4ccccn4)s3)ccc2OC(F)(F)F)CC1. The Balaban J connectivity index is 1.48. The Morgan fingerprint density at radius 2 is 1.89 bits per heavy atom. The van der Waals surface area contributed by atoms with Crippen molar-refractivity contribution in [3.05, 3.63) is 53.2 Å². The maximum absolute atomic E-state index is 12.9. The number of ketones is 1. The molecule has 1 N–H and O–H groups in total. The number of piperazine rings is 1. The van der Waals surface area contributed by atoms with Crippen molar-refractivity contribution in [1.29, 1.82) is 0 Å². The van der Waals surface area contributed by atoms with Crippen LogP contribution in [0.3, 0.4) is 0 Å². The van der Waals surface area contributed by atoms with Gasteiger partial charge in [0.05, 0.1) is 18.7 Å². The highest BCUT2D eigenvalue weighted by Crippen LogP contribution is 2.32. The van der Waals surface area contributed by atoms with Gasteiger partial charge >= 0.3 is 6.36 Å². The lowest BCUT2D eigenvalue weighted by atomic mass is 10.1. The number of halogens is 3. The summed E-state index contributed by atoms with van der Waals surface area (Å²) in [4.78, 5) is 33.7. The number of anilines is 1. The number of nitrogens with one attached hydrogen (secondary N) is 1. The third-order valence-corrected chi connectivity index (χ3v) is 6.37. The number of likely N-dealkylation sites (N-methyl/N-ethyl adjacent to an activating group) is 1. The summed E-state index contributed by atoms with van der Waals surface area (Å²) in [7, 11) is 1.97. The second-order valence-electron chi connectivity index (χ2n) is 8.20. The molecule has 0 unspecified atom stereocenters. The van der Waals surface area contributed by atoms with E-state index in [1.54, 1.807) is 24.4 Å². The summed E-state index contributed by atoms with van der Waals surface area (Å²) in [6.07, 6.45) is -3.46. The van der Waals surface area contributed by atoms with Crippen LogP contribution in [0.1, 0.15) is 15.4 Å². The van der Waals surface area contributed by atoms with E-state index in [-0.39, 0.29) is 24.2 Å². The molecule has 2 aromatic heterocycles. The van der Waals surface area contributed by atoms with Gasteiger partial charge in [0.1, 0.15) is 10.7 Å². The normalized spacial score (nSPS) is 15.0. The minimum atomic E-state index is -4.96. The van der Waals surface area contributed by atoms with E-state index < -0.39 is 23.8 Å². The van der Waals surface area contributed by atoms with Gasteiger partial charge in [-0.3, -0.25) is 19.5 Å². The molecule has 1 amide bonds. The summed E-state index contributed by atoms with van der Waals surface area (Å²) in [5.41, 5.74) is 0.491. The molecule has 3 heterocycles. The number of hydrogen-bond donors (Lipinski definition) is 1. The van der Waals surface area contributed by atoms with E-state index >= 15 is 0 Å². The van der Waals surface area contributed by atoms with Gasteiger partial charge in [-0.15, -0.1) is 23.4 Å². The van der Waals surface area contributed by atoms with Crippen LogP contribution < -0.4 is 10.1 Å². The van der Waals surface area contributed by atoms with Gasteiger partial charge in [-0.05, 0) is 37.4 Å². The number of rotatable bonds is 8. The van der Waals surface area contributed by atoms with Crippen LogP contribution in [0.15, 0.2) is 42.6 Å². The fraction of sp³-hybridized carbons (Fsp3) is 0.348. The highest BCUT2D eigenvalue weighted by Gasteiger charge is 2.32. The Bertz CT molecular complexity index is 1210. The van der Waals surface area contributed by atoms with Crippen molar-refractivity contribution in [1.82, 2.24) is 25.0 Å². The molecule has 0 saturated carbocycles. The molecule has 0 spiro atoms. The van der Waals surface area contributed by atoms with E-state index in [2.05, 4.69) is 30.1 Å². The molecule has 36 heavy (non-hydrogen) atoms. The zero-order valence-electron chi connectivity index (χ0n) is 19.3. The first-order valence-corrected chi connectivity index (χ1v) is 11.9. The number of amides is 1. The summed E-state index contributed by atoms with van der Waals surface area (Å²) in [5.74, 6) is -1.49. The van der Waals surface area contributed by atoms with Crippen molar-refractivity contribution in [2.24, 2.45) is 0 Å².